The lowest BCUT2D eigenvalue weighted by Gasteiger charge is -2.48. The number of hydrogen-bond donors (Lipinski definition) is 1. The Bertz CT molecular complexity index is 720. The molecule has 1 N–H and O–H groups in total. The Morgan fingerprint density at radius 2 is 2.08 bits per heavy atom. The number of nitrogens with one attached hydrogen (secondary N) is 1. The zero-order chi connectivity index (χ0) is 18.8. The van der Waals surface area contributed by atoms with Gasteiger partial charge in [-0.25, -0.2) is 4.79 Å². The molecule has 2 rings (SSSR count). The van der Waals surface area contributed by atoms with Gasteiger partial charge in [-0.15, -0.1) is 0 Å². The smallest absolute Gasteiger partial charge is 0.410 e. The molecule has 1 saturated carbocycles. The Hall–Kier alpha value is -2.85. The fourth-order valence-electron chi connectivity index (χ4n) is 4.07. The van der Waals surface area contributed by atoms with E-state index in [1.165, 1.54) is 4.90 Å². The second kappa shape index (κ2) is 6.95. The first-order chi connectivity index (χ1) is 11.9. The molecule has 0 bridgehead atoms. The van der Waals surface area contributed by atoms with Crippen molar-refractivity contribution in [1.82, 2.24) is 4.90 Å². The Labute approximate surface area is 147 Å². The van der Waals surface area contributed by atoms with E-state index in [-0.39, 0.29) is 30.7 Å². The molecule has 3 atom stereocenters. The van der Waals surface area contributed by atoms with E-state index in [2.05, 4.69) is 6.07 Å². The van der Waals surface area contributed by atoms with E-state index in [0.717, 1.165) is 5.57 Å². The third-order valence-electron chi connectivity index (χ3n) is 5.10. The lowest BCUT2D eigenvalue weighted by molar-refractivity contribution is 0.0859. The van der Waals surface area contributed by atoms with Crippen molar-refractivity contribution in [2.45, 2.75) is 20.8 Å². The molecule has 7 heteroatoms. The quantitative estimate of drug-likeness (QED) is 0.774. The highest BCUT2D eigenvalue weighted by Crippen LogP contribution is 2.51. The average molecular weight is 339 g/mol. The zero-order valence-electron chi connectivity index (χ0n) is 14.6. The molecule has 1 heterocycles. The van der Waals surface area contributed by atoms with Gasteiger partial charge in [-0.2, -0.15) is 15.8 Å². The van der Waals surface area contributed by atoms with Crippen LogP contribution < -0.4 is 0 Å². The van der Waals surface area contributed by atoms with Gasteiger partial charge >= 0.3 is 6.09 Å². The van der Waals surface area contributed by atoms with Crippen LogP contribution in [0.25, 0.3) is 0 Å². The van der Waals surface area contributed by atoms with Gasteiger partial charge in [-0.3, -0.25) is 0 Å². The van der Waals surface area contributed by atoms with Crippen LogP contribution in [0.15, 0.2) is 11.6 Å². The molecule has 1 amide bonds. The summed E-state index contributed by atoms with van der Waals surface area (Å²) in [7, 11) is 0. The maximum atomic E-state index is 12.1. The Kier molecular flexibility index (Phi) is 5.14. The minimum absolute atomic E-state index is 0.0742. The van der Waals surface area contributed by atoms with E-state index in [0.29, 0.717) is 6.54 Å². The number of ether oxygens (including phenoxy) is 1. The molecular weight excluding hydrogens is 318 g/mol. The van der Waals surface area contributed by atoms with Crippen LogP contribution >= 0.6 is 0 Å². The van der Waals surface area contributed by atoms with Crippen LogP contribution in [0.2, 0.25) is 0 Å². The molecule has 25 heavy (non-hydrogen) atoms. The summed E-state index contributed by atoms with van der Waals surface area (Å²) >= 11 is 0. The SMILES string of the molecule is CCOC(=O)N1CC=C2C(C#N)C(=N)C(C#N)(C#N)[C@H](C(C)C)[C@H]2C1. The van der Waals surface area contributed by atoms with Crippen molar-refractivity contribution in [2.75, 3.05) is 19.7 Å². The number of carbonyl (C=O) groups excluding carboxylic acids is 1. The monoisotopic (exact) mass is 339 g/mol. The number of rotatable bonds is 2. The van der Waals surface area contributed by atoms with E-state index in [9.17, 15) is 20.6 Å². The van der Waals surface area contributed by atoms with Gasteiger partial charge in [0.1, 0.15) is 5.92 Å². The highest BCUT2D eigenvalue weighted by Gasteiger charge is 2.58. The summed E-state index contributed by atoms with van der Waals surface area (Å²) in [5.74, 6) is -1.77. The molecule has 7 nitrogen and oxygen atoms in total. The molecule has 1 aliphatic heterocycles. The van der Waals surface area contributed by atoms with Gasteiger partial charge in [-0.05, 0) is 18.4 Å². The first kappa shape index (κ1) is 18.5. The number of amides is 1. The van der Waals surface area contributed by atoms with Crippen molar-refractivity contribution in [1.29, 1.82) is 21.2 Å². The standard InChI is InChI=1S/C18H21N5O2/c1-4-25-17(24)23-6-5-12-13(7-19)16(22)18(9-20,10-21)15(11(2)3)14(12)8-23/h5,11,13-15,22H,4,6,8H2,1-3H3/t13?,14-,15+/m0/s1. The van der Waals surface area contributed by atoms with E-state index < -0.39 is 23.3 Å². The van der Waals surface area contributed by atoms with Crippen molar-refractivity contribution in [3.8, 4) is 18.2 Å². The first-order valence-electron chi connectivity index (χ1n) is 8.30. The van der Waals surface area contributed by atoms with Gasteiger partial charge in [0.2, 0.25) is 0 Å². The molecular formula is C18H21N5O2. The molecule has 0 saturated heterocycles. The van der Waals surface area contributed by atoms with Crippen molar-refractivity contribution in [2.24, 2.45) is 29.1 Å². The van der Waals surface area contributed by atoms with Crippen LogP contribution in [0, 0.1) is 68.5 Å². The molecule has 0 aromatic heterocycles. The van der Waals surface area contributed by atoms with Crippen LogP contribution in [0.4, 0.5) is 4.79 Å². The largest absolute Gasteiger partial charge is 0.450 e. The van der Waals surface area contributed by atoms with Crippen molar-refractivity contribution >= 4 is 11.8 Å². The Balaban J connectivity index is 2.56. The van der Waals surface area contributed by atoms with Crippen LogP contribution in [-0.2, 0) is 4.74 Å². The lowest BCUT2D eigenvalue weighted by Crippen LogP contribution is -2.56. The minimum atomic E-state index is -1.66. The maximum absolute atomic E-state index is 12.1. The van der Waals surface area contributed by atoms with E-state index in [1.54, 1.807) is 13.0 Å². The molecule has 0 aromatic rings. The summed E-state index contributed by atoms with van der Waals surface area (Å²) in [6.07, 6.45) is 1.33. The predicted molar refractivity (Wildman–Crippen MR) is 89.0 cm³/mol. The summed E-state index contributed by atoms with van der Waals surface area (Å²) < 4.78 is 5.06. The molecule has 0 spiro atoms. The van der Waals surface area contributed by atoms with Crippen LogP contribution in [0.5, 0.6) is 0 Å². The lowest BCUT2D eigenvalue weighted by atomic mass is 9.53. The van der Waals surface area contributed by atoms with Crippen molar-refractivity contribution in [3.05, 3.63) is 11.6 Å². The highest BCUT2D eigenvalue weighted by molar-refractivity contribution is 6.00. The first-order valence-corrected chi connectivity index (χ1v) is 8.30. The van der Waals surface area contributed by atoms with Crippen molar-refractivity contribution in [3.63, 3.8) is 0 Å². The molecule has 1 fully saturated rings. The summed E-state index contributed by atoms with van der Waals surface area (Å²) in [6, 6.07) is 6.11. The molecule has 1 aliphatic carbocycles. The van der Waals surface area contributed by atoms with Gasteiger partial charge in [-0.1, -0.05) is 19.9 Å². The number of nitrogens with zero attached hydrogens (tertiary/aromatic N) is 4. The van der Waals surface area contributed by atoms with Crippen LogP contribution in [0.1, 0.15) is 20.8 Å². The van der Waals surface area contributed by atoms with Gasteiger partial charge in [0.25, 0.3) is 0 Å². The average Bonchev–Trinajstić information content (AvgIpc) is 2.60. The minimum Gasteiger partial charge on any atom is -0.450 e. The maximum Gasteiger partial charge on any atom is 0.410 e. The molecule has 0 aromatic carbocycles. The number of carbonyl (C=O) groups is 1. The molecule has 2 aliphatic rings. The summed E-state index contributed by atoms with van der Waals surface area (Å²) in [5.41, 5.74) is -1.06. The van der Waals surface area contributed by atoms with Crippen LogP contribution in [-0.4, -0.2) is 36.4 Å². The van der Waals surface area contributed by atoms with Gasteiger partial charge in [0.05, 0.1) is 30.5 Å². The Morgan fingerprint density at radius 3 is 2.56 bits per heavy atom. The summed E-state index contributed by atoms with van der Waals surface area (Å²) in [5, 5.41) is 37.4. The topological polar surface area (TPSA) is 125 Å². The van der Waals surface area contributed by atoms with Crippen molar-refractivity contribution < 1.29 is 9.53 Å². The van der Waals surface area contributed by atoms with E-state index in [1.807, 2.05) is 26.0 Å². The Morgan fingerprint density at radius 1 is 1.44 bits per heavy atom. The number of nitriles is 3. The normalized spacial score (nSPS) is 27.4. The van der Waals surface area contributed by atoms with E-state index >= 15 is 0 Å². The molecule has 0 radical (unpaired) electrons. The number of hydrogen-bond acceptors (Lipinski definition) is 6. The van der Waals surface area contributed by atoms with Gasteiger partial charge in [0, 0.05) is 24.9 Å². The molecule has 130 valence electrons. The van der Waals surface area contributed by atoms with E-state index in [4.69, 9.17) is 10.1 Å². The predicted octanol–water partition coefficient (Wildman–Crippen LogP) is 2.48. The fourth-order valence-corrected chi connectivity index (χ4v) is 4.07. The second-order valence-corrected chi connectivity index (χ2v) is 6.69. The number of fused-ring (bicyclic) bond motifs is 1. The molecule has 1 unspecified atom stereocenters. The highest BCUT2D eigenvalue weighted by atomic mass is 16.6. The summed E-state index contributed by atoms with van der Waals surface area (Å²) in [6.45, 7) is 6.36. The third-order valence-corrected chi connectivity index (χ3v) is 5.10. The van der Waals surface area contributed by atoms with Crippen LogP contribution in [0.3, 0.4) is 0 Å². The van der Waals surface area contributed by atoms with Gasteiger partial charge in [0.15, 0.2) is 5.41 Å². The third kappa shape index (κ3) is 2.75. The summed E-state index contributed by atoms with van der Waals surface area (Å²) in [4.78, 5) is 13.6. The van der Waals surface area contributed by atoms with Gasteiger partial charge < -0.3 is 15.0 Å². The second-order valence-electron chi connectivity index (χ2n) is 6.69. The fraction of sp³-hybridized carbons (Fsp3) is 0.611. The zero-order valence-corrected chi connectivity index (χ0v) is 14.6.